The van der Waals surface area contributed by atoms with Gasteiger partial charge in [-0.25, -0.2) is 4.98 Å². The fraction of sp³-hybridized carbons (Fsp3) is 0.571. The van der Waals surface area contributed by atoms with Gasteiger partial charge in [-0.3, -0.25) is 4.79 Å². The van der Waals surface area contributed by atoms with Gasteiger partial charge < -0.3 is 10.2 Å². The molecule has 1 atom stereocenters. The number of nitrogens with one attached hydrogen (secondary N) is 1. The van der Waals surface area contributed by atoms with Crippen molar-refractivity contribution in [2.45, 2.75) is 38.6 Å². The molecular formula is C14H21N3O. The van der Waals surface area contributed by atoms with Gasteiger partial charge in [0.05, 0.1) is 6.04 Å². The van der Waals surface area contributed by atoms with Crippen molar-refractivity contribution in [3.8, 4) is 0 Å². The van der Waals surface area contributed by atoms with Crippen LogP contribution in [0.3, 0.4) is 0 Å². The van der Waals surface area contributed by atoms with E-state index in [1.807, 2.05) is 11.0 Å². The molecule has 1 amide bonds. The molecule has 1 aliphatic heterocycles. The van der Waals surface area contributed by atoms with E-state index in [1.54, 1.807) is 6.20 Å². The summed E-state index contributed by atoms with van der Waals surface area (Å²) < 4.78 is 0. The first-order chi connectivity index (χ1) is 8.86. The molecule has 0 unspecified atom stereocenters. The molecular weight excluding hydrogens is 226 g/mol. The number of rotatable bonds is 6. The molecule has 1 aliphatic rings. The van der Waals surface area contributed by atoms with Gasteiger partial charge in [0.1, 0.15) is 5.82 Å². The highest BCUT2D eigenvalue weighted by Crippen LogP contribution is 2.33. The largest absolute Gasteiger partial charge is 0.370 e. The maximum absolute atomic E-state index is 11.0. The average Bonchev–Trinajstić information content (AvgIpc) is 2.88. The lowest BCUT2D eigenvalue weighted by Crippen LogP contribution is -2.22. The van der Waals surface area contributed by atoms with Gasteiger partial charge in [-0.2, -0.15) is 0 Å². The lowest BCUT2D eigenvalue weighted by atomic mass is 10.1. The van der Waals surface area contributed by atoms with Gasteiger partial charge in [-0.15, -0.1) is 0 Å². The number of amides is 1. The van der Waals surface area contributed by atoms with Crippen LogP contribution in [0.15, 0.2) is 18.3 Å². The molecule has 0 spiro atoms. The first-order valence-electron chi connectivity index (χ1n) is 6.76. The van der Waals surface area contributed by atoms with Gasteiger partial charge in [-0.05, 0) is 25.3 Å². The van der Waals surface area contributed by atoms with Crippen molar-refractivity contribution in [3.05, 3.63) is 23.9 Å². The van der Waals surface area contributed by atoms with Crippen LogP contribution in [-0.4, -0.2) is 29.4 Å². The Bertz CT molecular complexity index is 394. The van der Waals surface area contributed by atoms with Gasteiger partial charge in [0.15, 0.2) is 0 Å². The number of hydrogen-bond acceptors (Lipinski definition) is 3. The van der Waals surface area contributed by atoms with Crippen molar-refractivity contribution in [2.24, 2.45) is 0 Å². The molecule has 0 aliphatic carbocycles. The molecule has 18 heavy (non-hydrogen) atoms. The van der Waals surface area contributed by atoms with Crippen LogP contribution in [0.4, 0.5) is 5.82 Å². The quantitative estimate of drug-likeness (QED) is 0.621. The number of pyridine rings is 1. The maximum Gasteiger partial charge on any atom is 0.210 e. The summed E-state index contributed by atoms with van der Waals surface area (Å²) in [5.74, 6) is 0.935. The minimum atomic E-state index is 0.195. The van der Waals surface area contributed by atoms with Crippen molar-refractivity contribution in [2.75, 3.05) is 18.4 Å². The van der Waals surface area contributed by atoms with Crippen LogP contribution in [0.2, 0.25) is 0 Å². The topological polar surface area (TPSA) is 45.2 Å². The Kier molecular flexibility index (Phi) is 4.56. The van der Waals surface area contributed by atoms with Gasteiger partial charge in [0, 0.05) is 24.8 Å². The van der Waals surface area contributed by atoms with Crippen molar-refractivity contribution >= 4 is 12.2 Å². The summed E-state index contributed by atoms with van der Waals surface area (Å²) >= 11 is 0. The third-order valence-electron chi connectivity index (χ3n) is 3.45. The summed E-state index contributed by atoms with van der Waals surface area (Å²) in [7, 11) is 0. The van der Waals surface area contributed by atoms with Crippen LogP contribution in [0.25, 0.3) is 0 Å². The van der Waals surface area contributed by atoms with E-state index in [1.165, 1.54) is 6.42 Å². The fourth-order valence-corrected chi connectivity index (χ4v) is 2.47. The summed E-state index contributed by atoms with van der Waals surface area (Å²) in [5.41, 5.74) is 1.15. The molecule has 1 N–H and O–H groups in total. The molecule has 4 nitrogen and oxygen atoms in total. The van der Waals surface area contributed by atoms with E-state index < -0.39 is 0 Å². The van der Waals surface area contributed by atoms with Crippen LogP contribution in [0, 0.1) is 0 Å². The van der Waals surface area contributed by atoms with E-state index in [2.05, 4.69) is 23.3 Å². The van der Waals surface area contributed by atoms with Gasteiger partial charge in [-0.1, -0.05) is 19.4 Å². The van der Waals surface area contributed by atoms with E-state index >= 15 is 0 Å². The second-order valence-electron chi connectivity index (χ2n) is 4.72. The average molecular weight is 247 g/mol. The van der Waals surface area contributed by atoms with Crippen molar-refractivity contribution in [3.63, 3.8) is 0 Å². The fourth-order valence-electron chi connectivity index (χ4n) is 2.47. The van der Waals surface area contributed by atoms with Crippen molar-refractivity contribution in [1.82, 2.24) is 9.88 Å². The number of carbonyl (C=O) groups is 1. The Balaban J connectivity index is 2.13. The minimum absolute atomic E-state index is 0.195. The van der Waals surface area contributed by atoms with E-state index in [4.69, 9.17) is 0 Å². The highest BCUT2D eigenvalue weighted by molar-refractivity contribution is 5.53. The van der Waals surface area contributed by atoms with Gasteiger partial charge in [0.2, 0.25) is 6.41 Å². The second-order valence-corrected chi connectivity index (χ2v) is 4.72. The van der Waals surface area contributed by atoms with Crippen LogP contribution in [-0.2, 0) is 4.79 Å². The van der Waals surface area contributed by atoms with Crippen LogP contribution in [0.1, 0.15) is 44.2 Å². The molecule has 4 heteroatoms. The zero-order valence-corrected chi connectivity index (χ0v) is 10.9. The van der Waals surface area contributed by atoms with Crippen molar-refractivity contribution < 1.29 is 4.79 Å². The SMILES string of the molecule is CCCCNc1ncccc1[C@H]1CCCN1C=O. The number of hydrogen-bond donors (Lipinski definition) is 1. The lowest BCUT2D eigenvalue weighted by Gasteiger charge is -2.22. The molecule has 0 saturated carbocycles. The number of carbonyl (C=O) groups excluding carboxylic acids is 1. The predicted octanol–water partition coefficient (Wildman–Crippen LogP) is 2.59. The molecule has 98 valence electrons. The first kappa shape index (κ1) is 12.9. The molecule has 1 aromatic heterocycles. The summed E-state index contributed by atoms with van der Waals surface area (Å²) in [6.07, 6.45) is 7.18. The molecule has 1 saturated heterocycles. The van der Waals surface area contributed by atoms with Crippen LogP contribution < -0.4 is 5.32 Å². The standard InChI is InChI=1S/C14H21N3O/c1-2-3-8-15-14-12(6-4-9-16-14)13-7-5-10-17(13)11-18/h4,6,9,11,13H,2-3,5,7-8,10H2,1H3,(H,15,16)/t13-/m1/s1. The van der Waals surface area contributed by atoms with E-state index in [-0.39, 0.29) is 6.04 Å². The third-order valence-corrected chi connectivity index (χ3v) is 3.45. The monoisotopic (exact) mass is 247 g/mol. The Hall–Kier alpha value is -1.58. The summed E-state index contributed by atoms with van der Waals surface area (Å²) in [6, 6.07) is 4.22. The molecule has 0 aromatic carbocycles. The Morgan fingerprint density at radius 3 is 3.28 bits per heavy atom. The summed E-state index contributed by atoms with van der Waals surface area (Å²) in [5, 5.41) is 3.38. The Labute approximate surface area is 108 Å². The molecule has 0 bridgehead atoms. The zero-order chi connectivity index (χ0) is 12.8. The lowest BCUT2D eigenvalue weighted by molar-refractivity contribution is -0.118. The predicted molar refractivity (Wildman–Crippen MR) is 72.4 cm³/mol. The van der Waals surface area contributed by atoms with E-state index in [0.29, 0.717) is 0 Å². The number of unbranched alkanes of at least 4 members (excludes halogenated alkanes) is 1. The minimum Gasteiger partial charge on any atom is -0.370 e. The van der Waals surface area contributed by atoms with Crippen LogP contribution >= 0.6 is 0 Å². The van der Waals surface area contributed by atoms with Gasteiger partial charge in [0.25, 0.3) is 0 Å². The second kappa shape index (κ2) is 6.38. The molecule has 2 rings (SSSR count). The number of nitrogens with zero attached hydrogens (tertiary/aromatic N) is 2. The highest BCUT2D eigenvalue weighted by atomic mass is 16.1. The smallest absolute Gasteiger partial charge is 0.210 e. The summed E-state index contributed by atoms with van der Waals surface area (Å²) in [6.45, 7) is 3.97. The summed E-state index contributed by atoms with van der Waals surface area (Å²) in [4.78, 5) is 17.3. The van der Waals surface area contributed by atoms with E-state index in [0.717, 1.165) is 50.1 Å². The number of aromatic nitrogens is 1. The normalized spacial score (nSPS) is 18.9. The Morgan fingerprint density at radius 1 is 1.61 bits per heavy atom. The Morgan fingerprint density at radius 2 is 2.50 bits per heavy atom. The molecule has 1 fully saturated rings. The first-order valence-corrected chi connectivity index (χ1v) is 6.76. The molecule has 2 heterocycles. The van der Waals surface area contributed by atoms with E-state index in [9.17, 15) is 4.79 Å². The number of anilines is 1. The van der Waals surface area contributed by atoms with Gasteiger partial charge >= 0.3 is 0 Å². The van der Waals surface area contributed by atoms with Crippen LogP contribution in [0.5, 0.6) is 0 Å². The molecule has 1 aromatic rings. The maximum atomic E-state index is 11.0. The third kappa shape index (κ3) is 2.81. The highest BCUT2D eigenvalue weighted by Gasteiger charge is 2.26. The van der Waals surface area contributed by atoms with Crippen molar-refractivity contribution in [1.29, 1.82) is 0 Å². The number of likely N-dealkylation sites (tertiary alicyclic amines) is 1. The molecule has 0 radical (unpaired) electrons. The zero-order valence-electron chi connectivity index (χ0n) is 10.9.